The quantitative estimate of drug-likeness (QED) is 0.520. The molecule has 0 aliphatic heterocycles. The van der Waals surface area contributed by atoms with Gasteiger partial charge in [-0.3, -0.25) is 9.78 Å². The summed E-state index contributed by atoms with van der Waals surface area (Å²) in [6.07, 6.45) is -1.32. The first-order valence-electron chi connectivity index (χ1n) is 8.88. The topological polar surface area (TPSA) is 72.7 Å². The van der Waals surface area contributed by atoms with Gasteiger partial charge in [-0.1, -0.05) is 23.4 Å². The van der Waals surface area contributed by atoms with E-state index in [1.165, 1.54) is 6.07 Å². The van der Waals surface area contributed by atoms with Crippen LogP contribution in [-0.2, 0) is 17.5 Å². The average molecular weight is 456 g/mol. The van der Waals surface area contributed by atoms with E-state index in [-0.39, 0.29) is 5.69 Å². The van der Waals surface area contributed by atoms with Crippen molar-refractivity contribution in [3.8, 4) is 11.4 Å². The molecule has 0 saturated carbocycles. The molecule has 2 aromatic heterocycles. The Balaban J connectivity index is 1.75. The first-order chi connectivity index (χ1) is 14.2. The van der Waals surface area contributed by atoms with E-state index >= 15 is 0 Å². The van der Waals surface area contributed by atoms with Crippen LogP contribution in [0.5, 0.6) is 0 Å². The summed E-state index contributed by atoms with van der Waals surface area (Å²) in [4.78, 5) is 16.5. The fourth-order valence-electron chi connectivity index (χ4n) is 2.65. The van der Waals surface area contributed by atoms with Crippen molar-refractivity contribution in [1.82, 2.24) is 19.7 Å². The first-order valence-corrected chi connectivity index (χ1v) is 10.1. The van der Waals surface area contributed by atoms with Crippen molar-refractivity contribution >= 4 is 35.0 Å². The zero-order chi connectivity index (χ0) is 21.9. The second-order valence-electron chi connectivity index (χ2n) is 6.23. The van der Waals surface area contributed by atoms with Crippen LogP contribution in [0.15, 0.2) is 47.9 Å². The number of aromatic nitrogens is 4. The normalized spacial score (nSPS) is 12.6. The number of nitrogens with zero attached hydrogens (tertiary/aromatic N) is 4. The van der Waals surface area contributed by atoms with Crippen LogP contribution in [0.25, 0.3) is 11.4 Å². The molecule has 2 heterocycles. The maximum atomic E-state index is 13.0. The second-order valence-corrected chi connectivity index (χ2v) is 7.94. The molecule has 11 heteroatoms. The molecule has 0 bridgehead atoms. The number of halogens is 4. The number of rotatable bonds is 6. The van der Waals surface area contributed by atoms with Crippen molar-refractivity contribution in [2.45, 2.75) is 37.0 Å². The predicted octanol–water partition coefficient (Wildman–Crippen LogP) is 5.15. The Kier molecular flexibility index (Phi) is 6.67. The van der Waals surface area contributed by atoms with E-state index in [9.17, 15) is 18.0 Å². The minimum atomic E-state index is -4.61. The Bertz CT molecular complexity index is 1040. The summed E-state index contributed by atoms with van der Waals surface area (Å²) in [7, 11) is 0. The van der Waals surface area contributed by atoms with Crippen molar-refractivity contribution in [3.63, 3.8) is 0 Å². The zero-order valence-electron chi connectivity index (χ0n) is 15.9. The van der Waals surface area contributed by atoms with Gasteiger partial charge in [-0.05, 0) is 44.2 Å². The number of carbonyl (C=O) groups is 1. The Morgan fingerprint density at radius 2 is 1.93 bits per heavy atom. The Morgan fingerprint density at radius 3 is 2.57 bits per heavy atom. The van der Waals surface area contributed by atoms with Crippen molar-refractivity contribution < 1.29 is 18.0 Å². The smallest absolute Gasteiger partial charge is 0.325 e. The number of hydrogen-bond donors (Lipinski definition) is 1. The van der Waals surface area contributed by atoms with Gasteiger partial charge in [-0.25, -0.2) is 0 Å². The Morgan fingerprint density at radius 1 is 1.23 bits per heavy atom. The number of benzene rings is 1. The summed E-state index contributed by atoms with van der Waals surface area (Å²) < 4.78 is 40.9. The molecule has 0 radical (unpaired) electrons. The van der Waals surface area contributed by atoms with Crippen LogP contribution in [0.3, 0.4) is 0 Å². The van der Waals surface area contributed by atoms with E-state index in [1.807, 2.05) is 11.5 Å². The van der Waals surface area contributed by atoms with E-state index in [0.29, 0.717) is 17.5 Å². The molecule has 3 rings (SSSR count). The first kappa shape index (κ1) is 22.1. The molecular weight excluding hydrogens is 439 g/mol. The van der Waals surface area contributed by atoms with Gasteiger partial charge < -0.3 is 9.88 Å². The van der Waals surface area contributed by atoms with Crippen LogP contribution in [-0.4, -0.2) is 30.9 Å². The highest BCUT2D eigenvalue weighted by Crippen LogP contribution is 2.36. The molecule has 158 valence electrons. The van der Waals surface area contributed by atoms with E-state index in [0.717, 1.165) is 29.5 Å². The van der Waals surface area contributed by atoms with Crippen molar-refractivity contribution in [2.75, 3.05) is 5.32 Å². The third-order valence-corrected chi connectivity index (χ3v) is 5.57. The lowest BCUT2D eigenvalue weighted by Crippen LogP contribution is -2.23. The van der Waals surface area contributed by atoms with Crippen LogP contribution < -0.4 is 5.32 Å². The summed E-state index contributed by atoms with van der Waals surface area (Å²) in [6.45, 7) is 4.14. The van der Waals surface area contributed by atoms with Crippen LogP contribution in [0.1, 0.15) is 19.4 Å². The SMILES string of the molecule is CCn1c(SC(C)C(=O)Nc2ccc(Cl)c(C(F)(F)F)c2)nnc1-c1ccncc1. The third-order valence-electron chi connectivity index (χ3n) is 4.16. The number of pyridine rings is 1. The average Bonchev–Trinajstić information content (AvgIpc) is 3.11. The van der Waals surface area contributed by atoms with Crippen LogP contribution >= 0.6 is 23.4 Å². The molecule has 1 N–H and O–H groups in total. The lowest BCUT2D eigenvalue weighted by Gasteiger charge is -2.14. The van der Waals surface area contributed by atoms with E-state index in [4.69, 9.17) is 11.6 Å². The molecule has 0 spiro atoms. The zero-order valence-corrected chi connectivity index (χ0v) is 17.5. The number of carbonyl (C=O) groups excluding carboxylic acids is 1. The second kappa shape index (κ2) is 9.05. The summed E-state index contributed by atoms with van der Waals surface area (Å²) in [5, 5.41) is 10.3. The molecule has 0 fully saturated rings. The fraction of sp³-hybridized carbons (Fsp3) is 0.263. The monoisotopic (exact) mass is 455 g/mol. The number of alkyl halides is 3. The minimum absolute atomic E-state index is 0.0126. The summed E-state index contributed by atoms with van der Waals surface area (Å²) in [6, 6.07) is 6.85. The van der Waals surface area contributed by atoms with Gasteiger partial charge in [0.25, 0.3) is 0 Å². The van der Waals surface area contributed by atoms with Gasteiger partial charge >= 0.3 is 6.18 Å². The van der Waals surface area contributed by atoms with Gasteiger partial charge in [0.1, 0.15) is 0 Å². The maximum absolute atomic E-state index is 13.0. The highest BCUT2D eigenvalue weighted by molar-refractivity contribution is 8.00. The molecule has 1 aromatic carbocycles. The molecule has 1 atom stereocenters. The minimum Gasteiger partial charge on any atom is -0.325 e. The van der Waals surface area contributed by atoms with E-state index < -0.39 is 27.9 Å². The molecule has 1 amide bonds. The lowest BCUT2D eigenvalue weighted by molar-refractivity contribution is -0.137. The largest absolute Gasteiger partial charge is 0.417 e. The standard InChI is InChI=1S/C19H17ClF3N5OS/c1-3-28-16(12-6-8-24-9-7-12)26-27-18(28)30-11(2)17(29)25-13-4-5-15(20)14(10-13)19(21,22)23/h4-11H,3H2,1-2H3,(H,25,29). The molecule has 0 aliphatic rings. The molecular formula is C19H17ClF3N5OS. The number of thioether (sulfide) groups is 1. The van der Waals surface area contributed by atoms with Gasteiger partial charge in [-0.15, -0.1) is 10.2 Å². The Labute approximate surface area is 179 Å². The van der Waals surface area contributed by atoms with Crippen LogP contribution in [0.4, 0.5) is 18.9 Å². The summed E-state index contributed by atoms with van der Waals surface area (Å²) in [5.74, 6) is 0.175. The highest BCUT2D eigenvalue weighted by Gasteiger charge is 2.33. The number of hydrogen-bond acceptors (Lipinski definition) is 5. The van der Waals surface area contributed by atoms with Gasteiger partial charge in [0.15, 0.2) is 11.0 Å². The molecule has 6 nitrogen and oxygen atoms in total. The van der Waals surface area contributed by atoms with Crippen molar-refractivity contribution in [2.24, 2.45) is 0 Å². The summed E-state index contributed by atoms with van der Waals surface area (Å²) in [5.41, 5.74) is -0.155. The van der Waals surface area contributed by atoms with Gasteiger partial charge in [0.05, 0.1) is 15.8 Å². The Hall–Kier alpha value is -2.59. The number of nitrogens with one attached hydrogen (secondary N) is 1. The van der Waals surface area contributed by atoms with Gasteiger partial charge in [0.2, 0.25) is 5.91 Å². The van der Waals surface area contributed by atoms with Gasteiger partial charge in [0, 0.05) is 30.2 Å². The van der Waals surface area contributed by atoms with E-state index in [2.05, 4.69) is 20.5 Å². The highest BCUT2D eigenvalue weighted by atomic mass is 35.5. The molecule has 1 unspecified atom stereocenters. The van der Waals surface area contributed by atoms with Crippen molar-refractivity contribution in [3.05, 3.63) is 53.3 Å². The molecule has 0 saturated heterocycles. The maximum Gasteiger partial charge on any atom is 0.417 e. The summed E-state index contributed by atoms with van der Waals surface area (Å²) >= 11 is 6.78. The van der Waals surface area contributed by atoms with E-state index in [1.54, 1.807) is 31.5 Å². The van der Waals surface area contributed by atoms with Crippen molar-refractivity contribution in [1.29, 1.82) is 0 Å². The number of amides is 1. The molecule has 30 heavy (non-hydrogen) atoms. The fourth-order valence-corrected chi connectivity index (χ4v) is 3.79. The number of anilines is 1. The van der Waals surface area contributed by atoms with Crippen LogP contribution in [0, 0.1) is 0 Å². The van der Waals surface area contributed by atoms with Crippen LogP contribution in [0.2, 0.25) is 5.02 Å². The predicted molar refractivity (Wildman–Crippen MR) is 109 cm³/mol. The molecule has 0 aliphatic carbocycles. The molecule has 3 aromatic rings. The van der Waals surface area contributed by atoms with Gasteiger partial charge in [-0.2, -0.15) is 13.2 Å². The lowest BCUT2D eigenvalue weighted by atomic mass is 10.2. The third kappa shape index (κ3) is 4.93.